The molecule has 0 saturated heterocycles. The molecule has 0 heterocycles. The molecule has 0 aromatic carbocycles. The second-order valence-corrected chi connectivity index (χ2v) is 8.98. The number of carbonyl (C=O) groups is 2. The van der Waals surface area contributed by atoms with E-state index in [0.29, 0.717) is 19.3 Å². The van der Waals surface area contributed by atoms with Gasteiger partial charge < -0.3 is 30.3 Å². The highest BCUT2D eigenvalue weighted by Gasteiger charge is 2.46. The molecule has 0 bridgehead atoms. The molecule has 2 aliphatic rings. The van der Waals surface area contributed by atoms with Crippen molar-refractivity contribution in [3.63, 3.8) is 0 Å². The molecule has 0 fully saturated rings. The fourth-order valence-electron chi connectivity index (χ4n) is 4.53. The van der Waals surface area contributed by atoms with Crippen molar-refractivity contribution in [3.05, 3.63) is 23.5 Å². The minimum atomic E-state index is -1.14. The summed E-state index contributed by atoms with van der Waals surface area (Å²) in [5.74, 6) is -2.37. The van der Waals surface area contributed by atoms with Gasteiger partial charge in [-0.05, 0) is 49.7 Å². The highest BCUT2D eigenvalue weighted by atomic mass is 16.6. The van der Waals surface area contributed by atoms with Crippen LogP contribution < -0.4 is 0 Å². The van der Waals surface area contributed by atoms with Crippen molar-refractivity contribution in [3.8, 4) is 0 Å². The number of rotatable bonds is 10. The standard InChI is InChI=1S/C23H36O8/c1-4-12(2)23(30)31-22-18(26)8-5-14-9-19(27)13(3)17(21(14)22)7-6-15(24)10-16(25)11-20(28)29/h5,9,12-13,15-18,21-22,24-27H,4,6-8,10-11H2,1-3H3,(H,28,29)/t12-,13+,15+,16+,17-,18?,21-,22-/m0/s1. The summed E-state index contributed by atoms with van der Waals surface area (Å²) in [6.45, 7) is 5.52. The molecule has 8 nitrogen and oxygen atoms in total. The summed E-state index contributed by atoms with van der Waals surface area (Å²) >= 11 is 0. The Kier molecular flexibility index (Phi) is 9.09. The van der Waals surface area contributed by atoms with Gasteiger partial charge in [0.1, 0.15) is 6.10 Å². The van der Waals surface area contributed by atoms with Crippen LogP contribution in [0.3, 0.4) is 0 Å². The Bertz CT molecular complexity index is 700. The topological polar surface area (TPSA) is 145 Å². The lowest BCUT2D eigenvalue weighted by Gasteiger charge is -2.44. The third kappa shape index (κ3) is 6.54. The van der Waals surface area contributed by atoms with Crippen LogP contribution in [-0.2, 0) is 14.3 Å². The molecule has 2 rings (SSSR count). The van der Waals surface area contributed by atoms with Gasteiger partial charge in [-0.3, -0.25) is 9.59 Å². The van der Waals surface area contributed by atoms with Gasteiger partial charge in [0.25, 0.3) is 0 Å². The molecule has 0 amide bonds. The van der Waals surface area contributed by atoms with Crippen LogP contribution in [0.1, 0.15) is 59.3 Å². The molecule has 0 saturated carbocycles. The van der Waals surface area contributed by atoms with Crippen molar-refractivity contribution in [2.45, 2.75) is 83.7 Å². The highest BCUT2D eigenvalue weighted by Crippen LogP contribution is 2.46. The summed E-state index contributed by atoms with van der Waals surface area (Å²) in [5, 5.41) is 49.9. The van der Waals surface area contributed by atoms with E-state index in [9.17, 15) is 30.0 Å². The molecule has 8 heteroatoms. The number of carboxylic acids is 1. The lowest BCUT2D eigenvalue weighted by molar-refractivity contribution is -0.166. The van der Waals surface area contributed by atoms with Crippen molar-refractivity contribution in [2.24, 2.45) is 23.7 Å². The van der Waals surface area contributed by atoms with E-state index in [1.54, 1.807) is 13.0 Å². The number of allylic oxidation sites excluding steroid dienone is 2. The number of aliphatic hydroxyl groups is 4. The van der Waals surface area contributed by atoms with Gasteiger partial charge >= 0.3 is 11.9 Å². The molecular formula is C23H36O8. The van der Waals surface area contributed by atoms with Gasteiger partial charge in [0.15, 0.2) is 0 Å². The van der Waals surface area contributed by atoms with Gasteiger partial charge in [0.05, 0.1) is 36.4 Å². The van der Waals surface area contributed by atoms with E-state index in [-0.39, 0.29) is 48.2 Å². The number of ether oxygens (including phenoxy) is 1. The van der Waals surface area contributed by atoms with Crippen molar-refractivity contribution >= 4 is 11.9 Å². The normalized spacial score (nSPS) is 31.0. The van der Waals surface area contributed by atoms with Gasteiger partial charge in [0, 0.05) is 11.8 Å². The van der Waals surface area contributed by atoms with Gasteiger partial charge in [-0.1, -0.05) is 26.8 Å². The lowest BCUT2D eigenvalue weighted by atomic mass is 9.65. The number of esters is 1. The minimum absolute atomic E-state index is 0.0579. The Morgan fingerprint density at radius 1 is 1.26 bits per heavy atom. The van der Waals surface area contributed by atoms with E-state index in [1.165, 1.54) is 0 Å². The summed E-state index contributed by atoms with van der Waals surface area (Å²) in [5.41, 5.74) is 0.813. The second-order valence-electron chi connectivity index (χ2n) is 8.98. The Hall–Kier alpha value is -1.90. The first-order valence-electron chi connectivity index (χ1n) is 11.1. The maximum atomic E-state index is 12.5. The highest BCUT2D eigenvalue weighted by molar-refractivity contribution is 5.72. The largest absolute Gasteiger partial charge is 0.512 e. The first kappa shape index (κ1) is 25.4. The summed E-state index contributed by atoms with van der Waals surface area (Å²) in [7, 11) is 0. The van der Waals surface area contributed by atoms with Crippen molar-refractivity contribution in [2.75, 3.05) is 0 Å². The second kappa shape index (κ2) is 11.1. The Morgan fingerprint density at radius 3 is 2.55 bits per heavy atom. The molecule has 176 valence electrons. The van der Waals surface area contributed by atoms with Crippen LogP contribution in [0.25, 0.3) is 0 Å². The van der Waals surface area contributed by atoms with E-state index in [4.69, 9.17) is 9.84 Å². The molecule has 2 aliphatic carbocycles. The number of carboxylic acid groups (broad SMARTS) is 1. The summed E-state index contributed by atoms with van der Waals surface area (Å²) < 4.78 is 5.75. The maximum absolute atomic E-state index is 12.5. The van der Waals surface area contributed by atoms with Crippen LogP contribution in [0.5, 0.6) is 0 Å². The van der Waals surface area contributed by atoms with Gasteiger partial charge in [-0.15, -0.1) is 0 Å². The van der Waals surface area contributed by atoms with Crippen LogP contribution in [0.15, 0.2) is 23.5 Å². The van der Waals surface area contributed by atoms with Crippen LogP contribution in [-0.4, -0.2) is 61.9 Å². The third-order valence-corrected chi connectivity index (χ3v) is 6.65. The first-order chi connectivity index (χ1) is 14.5. The average molecular weight is 441 g/mol. The first-order valence-corrected chi connectivity index (χ1v) is 11.1. The zero-order valence-electron chi connectivity index (χ0n) is 18.5. The third-order valence-electron chi connectivity index (χ3n) is 6.65. The Labute approximate surface area is 183 Å². The smallest absolute Gasteiger partial charge is 0.309 e. The van der Waals surface area contributed by atoms with Gasteiger partial charge in [0.2, 0.25) is 0 Å². The van der Waals surface area contributed by atoms with Crippen LogP contribution in [0, 0.1) is 23.7 Å². The molecule has 1 unspecified atom stereocenters. The van der Waals surface area contributed by atoms with Crippen LogP contribution in [0.2, 0.25) is 0 Å². The molecule has 0 aromatic heterocycles. The zero-order chi connectivity index (χ0) is 23.3. The fourth-order valence-corrected chi connectivity index (χ4v) is 4.53. The zero-order valence-corrected chi connectivity index (χ0v) is 18.5. The number of hydrogen-bond donors (Lipinski definition) is 5. The van der Waals surface area contributed by atoms with Gasteiger partial charge in [-0.25, -0.2) is 0 Å². The van der Waals surface area contributed by atoms with Crippen LogP contribution >= 0.6 is 0 Å². The van der Waals surface area contributed by atoms with E-state index < -0.39 is 36.8 Å². The molecular weight excluding hydrogens is 404 g/mol. The van der Waals surface area contributed by atoms with Gasteiger partial charge in [-0.2, -0.15) is 0 Å². The number of aliphatic hydroxyl groups excluding tert-OH is 4. The lowest BCUT2D eigenvalue weighted by Crippen LogP contribution is -2.47. The molecule has 5 N–H and O–H groups in total. The van der Waals surface area contributed by atoms with Crippen LogP contribution in [0.4, 0.5) is 0 Å². The van der Waals surface area contributed by atoms with E-state index in [2.05, 4.69) is 0 Å². The van der Waals surface area contributed by atoms with Crippen molar-refractivity contribution in [1.29, 1.82) is 0 Å². The average Bonchev–Trinajstić information content (AvgIpc) is 2.69. The van der Waals surface area contributed by atoms with E-state index >= 15 is 0 Å². The molecule has 0 aliphatic heterocycles. The molecule has 0 aromatic rings. The summed E-state index contributed by atoms with van der Waals surface area (Å²) in [4.78, 5) is 23.2. The van der Waals surface area contributed by atoms with Crippen molar-refractivity contribution in [1.82, 2.24) is 0 Å². The minimum Gasteiger partial charge on any atom is -0.512 e. The molecule has 8 atom stereocenters. The van der Waals surface area contributed by atoms with E-state index in [0.717, 1.165) is 5.57 Å². The van der Waals surface area contributed by atoms with E-state index in [1.807, 2.05) is 19.9 Å². The maximum Gasteiger partial charge on any atom is 0.309 e. The SMILES string of the molecule is CC[C@H](C)C(=O)O[C@H]1C(O)CC=C2C=C(O)[C@H](C)[C@H](CC[C@@H](O)C[C@@H](O)CC(=O)O)[C@H]21. The number of fused-ring (bicyclic) bond motifs is 1. The fraction of sp³-hybridized carbons (Fsp3) is 0.739. The number of aliphatic carboxylic acids is 1. The number of carbonyl (C=O) groups excluding carboxylic acids is 1. The molecule has 0 radical (unpaired) electrons. The quantitative estimate of drug-likeness (QED) is 0.326. The number of hydrogen-bond acceptors (Lipinski definition) is 7. The Balaban J connectivity index is 2.16. The predicted molar refractivity (Wildman–Crippen MR) is 113 cm³/mol. The predicted octanol–water partition coefficient (Wildman–Crippen LogP) is 2.33. The molecule has 31 heavy (non-hydrogen) atoms. The monoisotopic (exact) mass is 440 g/mol. The molecule has 0 spiro atoms. The Morgan fingerprint density at radius 2 is 1.94 bits per heavy atom. The summed E-state index contributed by atoms with van der Waals surface area (Å²) in [6.07, 6.45) is 1.07. The summed E-state index contributed by atoms with van der Waals surface area (Å²) in [6, 6.07) is 0. The van der Waals surface area contributed by atoms with Crippen molar-refractivity contribution < 1.29 is 39.9 Å².